The average molecular weight is 363 g/mol. The Hall–Kier alpha value is -3.06. The molecular formula is C20H21N5O2. The molecule has 1 aliphatic heterocycles. The third kappa shape index (κ3) is 4.20. The lowest BCUT2D eigenvalue weighted by atomic mass is 10.2. The van der Waals surface area contributed by atoms with E-state index < -0.39 is 0 Å². The predicted octanol–water partition coefficient (Wildman–Crippen LogP) is 2.48. The molecule has 27 heavy (non-hydrogen) atoms. The third-order valence-corrected chi connectivity index (χ3v) is 4.55. The van der Waals surface area contributed by atoms with Gasteiger partial charge in [0.25, 0.3) is 5.91 Å². The molecule has 1 aliphatic rings. The van der Waals surface area contributed by atoms with Gasteiger partial charge in [-0.05, 0) is 43.2 Å². The lowest BCUT2D eigenvalue weighted by molar-refractivity contribution is 0.0504. The zero-order chi connectivity index (χ0) is 18.5. The predicted molar refractivity (Wildman–Crippen MR) is 99.3 cm³/mol. The molecule has 138 valence electrons. The zero-order valence-corrected chi connectivity index (χ0v) is 14.9. The Balaban J connectivity index is 1.53. The first-order chi connectivity index (χ1) is 13.3. The van der Waals surface area contributed by atoms with Crippen LogP contribution < -0.4 is 0 Å². The van der Waals surface area contributed by atoms with Gasteiger partial charge in [0, 0.05) is 37.9 Å². The molecule has 0 saturated carbocycles. The fourth-order valence-corrected chi connectivity index (χ4v) is 3.18. The van der Waals surface area contributed by atoms with E-state index in [1.807, 2.05) is 30.5 Å². The quantitative estimate of drug-likeness (QED) is 0.673. The van der Waals surface area contributed by atoms with Gasteiger partial charge in [-0.15, -0.1) is 0 Å². The number of carbonyl (C=O) groups excluding carboxylic acids is 1. The SMILES string of the molecule is O=C(c1ccc(-n2cccn2)nc1)N(Cc1ccccn1)C[C@H]1CCCO1. The average Bonchev–Trinajstić information content (AvgIpc) is 3.42. The van der Waals surface area contributed by atoms with Crippen LogP contribution in [0, 0.1) is 0 Å². The molecule has 1 atom stereocenters. The summed E-state index contributed by atoms with van der Waals surface area (Å²) in [5, 5.41) is 4.15. The summed E-state index contributed by atoms with van der Waals surface area (Å²) >= 11 is 0. The number of ether oxygens (including phenoxy) is 1. The first kappa shape index (κ1) is 17.4. The smallest absolute Gasteiger partial charge is 0.255 e. The van der Waals surface area contributed by atoms with Gasteiger partial charge in [-0.25, -0.2) is 9.67 Å². The van der Waals surface area contributed by atoms with Crippen LogP contribution in [0.4, 0.5) is 0 Å². The van der Waals surface area contributed by atoms with Gasteiger partial charge in [0.1, 0.15) is 0 Å². The number of pyridine rings is 2. The second-order valence-corrected chi connectivity index (χ2v) is 6.50. The Bertz CT molecular complexity index is 859. The van der Waals surface area contributed by atoms with Crippen LogP contribution in [-0.4, -0.2) is 49.8 Å². The molecule has 1 fully saturated rings. The van der Waals surface area contributed by atoms with Crippen molar-refractivity contribution < 1.29 is 9.53 Å². The Morgan fingerprint density at radius 2 is 2.15 bits per heavy atom. The maximum absolute atomic E-state index is 13.1. The van der Waals surface area contributed by atoms with Gasteiger partial charge in [0.2, 0.25) is 0 Å². The second kappa shape index (κ2) is 8.09. The van der Waals surface area contributed by atoms with Crippen LogP contribution in [0.5, 0.6) is 0 Å². The normalized spacial score (nSPS) is 16.4. The number of carbonyl (C=O) groups is 1. The Labute approximate surface area is 157 Å². The van der Waals surface area contributed by atoms with Gasteiger partial charge in [0.15, 0.2) is 5.82 Å². The van der Waals surface area contributed by atoms with Crippen molar-refractivity contribution in [2.75, 3.05) is 13.2 Å². The Morgan fingerprint density at radius 1 is 1.19 bits per heavy atom. The molecule has 3 aromatic rings. The van der Waals surface area contributed by atoms with Crippen LogP contribution in [-0.2, 0) is 11.3 Å². The van der Waals surface area contributed by atoms with Gasteiger partial charge in [0.05, 0.1) is 23.9 Å². The van der Waals surface area contributed by atoms with Crippen molar-refractivity contribution in [1.82, 2.24) is 24.6 Å². The fourth-order valence-electron chi connectivity index (χ4n) is 3.18. The summed E-state index contributed by atoms with van der Waals surface area (Å²) in [5.41, 5.74) is 1.39. The minimum absolute atomic E-state index is 0.0735. The van der Waals surface area contributed by atoms with Crippen molar-refractivity contribution in [1.29, 1.82) is 0 Å². The number of aromatic nitrogens is 4. The van der Waals surface area contributed by atoms with E-state index >= 15 is 0 Å². The molecule has 0 N–H and O–H groups in total. The summed E-state index contributed by atoms with van der Waals surface area (Å²) in [7, 11) is 0. The molecule has 7 nitrogen and oxygen atoms in total. The van der Waals surface area contributed by atoms with Crippen molar-refractivity contribution in [2.45, 2.75) is 25.5 Å². The minimum atomic E-state index is -0.0735. The van der Waals surface area contributed by atoms with Crippen LogP contribution in [0.1, 0.15) is 28.9 Å². The number of hydrogen-bond acceptors (Lipinski definition) is 5. The maximum Gasteiger partial charge on any atom is 0.255 e. The van der Waals surface area contributed by atoms with Gasteiger partial charge >= 0.3 is 0 Å². The zero-order valence-electron chi connectivity index (χ0n) is 14.9. The van der Waals surface area contributed by atoms with E-state index in [0.717, 1.165) is 25.1 Å². The highest BCUT2D eigenvalue weighted by Gasteiger charge is 2.24. The highest BCUT2D eigenvalue weighted by atomic mass is 16.5. The summed E-state index contributed by atoms with van der Waals surface area (Å²) in [6, 6.07) is 11.1. The van der Waals surface area contributed by atoms with Crippen LogP contribution in [0.15, 0.2) is 61.2 Å². The van der Waals surface area contributed by atoms with Crippen LogP contribution in [0.3, 0.4) is 0 Å². The number of rotatable bonds is 6. The van der Waals surface area contributed by atoms with Crippen molar-refractivity contribution in [3.05, 3.63) is 72.4 Å². The van der Waals surface area contributed by atoms with Gasteiger partial charge in [-0.1, -0.05) is 6.07 Å². The third-order valence-electron chi connectivity index (χ3n) is 4.55. The highest BCUT2D eigenvalue weighted by molar-refractivity contribution is 5.94. The molecule has 0 bridgehead atoms. The summed E-state index contributed by atoms with van der Waals surface area (Å²) in [6.45, 7) is 1.76. The summed E-state index contributed by atoms with van der Waals surface area (Å²) in [4.78, 5) is 23.6. The lowest BCUT2D eigenvalue weighted by Crippen LogP contribution is -2.37. The van der Waals surface area contributed by atoms with E-state index in [1.54, 1.807) is 40.3 Å². The molecule has 0 radical (unpaired) electrons. The van der Waals surface area contributed by atoms with Crippen molar-refractivity contribution >= 4 is 5.91 Å². The van der Waals surface area contributed by atoms with Gasteiger partial charge in [-0.2, -0.15) is 5.10 Å². The molecule has 0 aliphatic carbocycles. The second-order valence-electron chi connectivity index (χ2n) is 6.50. The van der Waals surface area contributed by atoms with Crippen LogP contribution >= 0.6 is 0 Å². The van der Waals surface area contributed by atoms with E-state index in [9.17, 15) is 4.79 Å². The first-order valence-electron chi connectivity index (χ1n) is 9.06. The van der Waals surface area contributed by atoms with Gasteiger partial charge in [-0.3, -0.25) is 9.78 Å². The Morgan fingerprint density at radius 3 is 2.81 bits per heavy atom. The van der Waals surface area contributed by atoms with E-state index in [0.29, 0.717) is 24.5 Å². The van der Waals surface area contributed by atoms with Crippen molar-refractivity contribution in [3.8, 4) is 5.82 Å². The number of amides is 1. The standard InChI is InChI=1S/C20H21N5O2/c26-20(16-7-8-19(22-13-16)25-11-4-10-23-25)24(15-18-6-3-12-27-18)14-17-5-1-2-9-21-17/h1-2,4-5,7-11,13,18H,3,6,12,14-15H2/t18-/m1/s1. The monoisotopic (exact) mass is 363 g/mol. The highest BCUT2D eigenvalue weighted by Crippen LogP contribution is 2.17. The van der Waals surface area contributed by atoms with Gasteiger partial charge < -0.3 is 9.64 Å². The molecular weight excluding hydrogens is 342 g/mol. The summed E-state index contributed by atoms with van der Waals surface area (Å²) in [5.74, 6) is 0.600. The molecule has 1 amide bonds. The Kier molecular flexibility index (Phi) is 5.20. The van der Waals surface area contributed by atoms with E-state index in [1.165, 1.54) is 0 Å². The van der Waals surface area contributed by atoms with Crippen LogP contribution in [0.25, 0.3) is 5.82 Å². The van der Waals surface area contributed by atoms with Crippen LogP contribution in [0.2, 0.25) is 0 Å². The molecule has 1 saturated heterocycles. The molecule has 0 spiro atoms. The summed E-state index contributed by atoms with van der Waals surface area (Å²) in [6.07, 6.45) is 8.93. The van der Waals surface area contributed by atoms with E-state index in [4.69, 9.17) is 4.74 Å². The van der Waals surface area contributed by atoms with Crippen molar-refractivity contribution in [2.24, 2.45) is 0 Å². The molecule has 4 heterocycles. The first-order valence-corrected chi connectivity index (χ1v) is 9.06. The minimum Gasteiger partial charge on any atom is -0.376 e. The molecule has 0 aromatic carbocycles. The largest absolute Gasteiger partial charge is 0.376 e. The molecule has 3 aromatic heterocycles. The molecule has 0 unspecified atom stereocenters. The maximum atomic E-state index is 13.1. The molecule has 4 rings (SSSR count). The van der Waals surface area contributed by atoms with E-state index in [2.05, 4.69) is 15.1 Å². The number of nitrogens with zero attached hydrogens (tertiary/aromatic N) is 5. The van der Waals surface area contributed by atoms with Crippen molar-refractivity contribution in [3.63, 3.8) is 0 Å². The lowest BCUT2D eigenvalue weighted by Gasteiger charge is -2.25. The fraction of sp³-hybridized carbons (Fsp3) is 0.300. The summed E-state index contributed by atoms with van der Waals surface area (Å²) < 4.78 is 7.39. The topological polar surface area (TPSA) is 73.1 Å². The number of hydrogen-bond donors (Lipinski definition) is 0. The molecule has 7 heteroatoms. The van der Waals surface area contributed by atoms with E-state index in [-0.39, 0.29) is 12.0 Å².